The number of nitrogens with zero attached hydrogens (tertiary/aromatic N) is 1. The zero-order valence-electron chi connectivity index (χ0n) is 11.0. The highest BCUT2D eigenvalue weighted by Crippen LogP contribution is 2.29. The number of hydrogen-bond donors (Lipinski definition) is 1. The molecule has 2 fully saturated rings. The summed E-state index contributed by atoms with van der Waals surface area (Å²) >= 11 is 0. The predicted octanol–water partition coefficient (Wildman–Crippen LogP) is 2.77. The molecule has 2 aliphatic rings. The quantitative estimate of drug-likeness (QED) is 0.798. The third-order valence-corrected chi connectivity index (χ3v) is 4.85. The molecule has 0 bridgehead atoms. The van der Waals surface area contributed by atoms with Crippen LogP contribution in [-0.4, -0.2) is 29.6 Å². The summed E-state index contributed by atoms with van der Waals surface area (Å²) in [5.74, 6) is 0.807. The molecule has 2 N–H and O–H groups in total. The van der Waals surface area contributed by atoms with E-state index in [1.807, 2.05) is 0 Å². The molecule has 2 nitrogen and oxygen atoms in total. The molecule has 4 unspecified atom stereocenters. The monoisotopic (exact) mass is 224 g/mol. The summed E-state index contributed by atoms with van der Waals surface area (Å²) in [4.78, 5) is 2.72. The van der Waals surface area contributed by atoms with Crippen LogP contribution in [0.4, 0.5) is 0 Å². The van der Waals surface area contributed by atoms with E-state index in [1.54, 1.807) is 0 Å². The van der Waals surface area contributed by atoms with Gasteiger partial charge in [-0.1, -0.05) is 12.8 Å². The molecule has 1 saturated heterocycles. The van der Waals surface area contributed by atoms with Crippen LogP contribution in [0.3, 0.4) is 0 Å². The number of piperidine rings is 1. The molecule has 0 aromatic heterocycles. The molecule has 4 atom stereocenters. The predicted molar refractivity (Wildman–Crippen MR) is 69.4 cm³/mol. The summed E-state index contributed by atoms with van der Waals surface area (Å²) in [5.41, 5.74) is 6.15. The van der Waals surface area contributed by atoms with Crippen molar-refractivity contribution < 1.29 is 0 Å². The van der Waals surface area contributed by atoms with Crippen LogP contribution >= 0.6 is 0 Å². The molecule has 1 heterocycles. The average molecular weight is 224 g/mol. The second-order valence-electron chi connectivity index (χ2n) is 6.01. The van der Waals surface area contributed by atoms with Crippen LogP contribution in [0.1, 0.15) is 58.8 Å². The Morgan fingerprint density at radius 2 is 1.62 bits per heavy atom. The Kier molecular flexibility index (Phi) is 4.26. The molecule has 2 heteroatoms. The first-order valence-electron chi connectivity index (χ1n) is 7.20. The highest BCUT2D eigenvalue weighted by molar-refractivity contribution is 4.84. The van der Waals surface area contributed by atoms with Gasteiger partial charge < -0.3 is 5.73 Å². The van der Waals surface area contributed by atoms with Gasteiger partial charge in [0, 0.05) is 18.1 Å². The highest BCUT2D eigenvalue weighted by atomic mass is 15.2. The maximum atomic E-state index is 6.15. The molecular formula is C14H28N2. The third-order valence-electron chi connectivity index (χ3n) is 4.85. The Labute approximate surface area is 101 Å². The van der Waals surface area contributed by atoms with Gasteiger partial charge in [0.05, 0.1) is 0 Å². The zero-order valence-corrected chi connectivity index (χ0v) is 11.0. The second kappa shape index (κ2) is 5.50. The minimum atomic E-state index is 0.496. The minimum Gasteiger partial charge on any atom is -0.327 e. The summed E-state index contributed by atoms with van der Waals surface area (Å²) in [6.45, 7) is 6.06. The van der Waals surface area contributed by atoms with Gasteiger partial charge in [-0.15, -0.1) is 0 Å². The van der Waals surface area contributed by atoms with E-state index < -0.39 is 0 Å². The van der Waals surface area contributed by atoms with Crippen LogP contribution < -0.4 is 5.73 Å². The number of hydrogen-bond acceptors (Lipinski definition) is 2. The first kappa shape index (κ1) is 12.4. The minimum absolute atomic E-state index is 0.496. The summed E-state index contributed by atoms with van der Waals surface area (Å²) in [7, 11) is 0. The van der Waals surface area contributed by atoms with Gasteiger partial charge in [0.25, 0.3) is 0 Å². The fourth-order valence-electron chi connectivity index (χ4n) is 3.65. The Hall–Kier alpha value is -0.0800. The average Bonchev–Trinajstić information content (AvgIpc) is 2.64. The van der Waals surface area contributed by atoms with Crippen LogP contribution in [-0.2, 0) is 0 Å². The van der Waals surface area contributed by atoms with Crippen LogP contribution in [0, 0.1) is 5.92 Å². The lowest BCUT2D eigenvalue weighted by atomic mass is 9.94. The fourth-order valence-corrected chi connectivity index (χ4v) is 3.65. The fraction of sp³-hybridized carbons (Fsp3) is 1.00. The second-order valence-corrected chi connectivity index (χ2v) is 6.01. The molecule has 0 aromatic carbocycles. The van der Waals surface area contributed by atoms with E-state index in [4.69, 9.17) is 5.73 Å². The first-order chi connectivity index (χ1) is 7.68. The largest absolute Gasteiger partial charge is 0.327 e. The van der Waals surface area contributed by atoms with Crippen LogP contribution in [0.5, 0.6) is 0 Å². The van der Waals surface area contributed by atoms with Crippen molar-refractivity contribution in [1.82, 2.24) is 4.90 Å². The van der Waals surface area contributed by atoms with Gasteiger partial charge in [0.2, 0.25) is 0 Å². The first-order valence-corrected chi connectivity index (χ1v) is 7.20. The van der Waals surface area contributed by atoms with Crippen molar-refractivity contribution in [2.75, 3.05) is 6.54 Å². The smallest absolute Gasteiger partial charge is 0.00697 e. The lowest BCUT2D eigenvalue weighted by Gasteiger charge is -2.39. The van der Waals surface area contributed by atoms with Gasteiger partial charge in [0.1, 0.15) is 0 Å². The van der Waals surface area contributed by atoms with Crippen LogP contribution in [0.15, 0.2) is 0 Å². The molecule has 1 aliphatic heterocycles. The standard InChI is InChI=1S/C14H28N2/c1-11-5-3-6-12(2)16(11)10-9-13-7-4-8-14(13)15/h11-14H,3-10,15H2,1-2H3. The molecule has 0 spiro atoms. The summed E-state index contributed by atoms with van der Waals surface area (Å²) in [6, 6.07) is 2.08. The van der Waals surface area contributed by atoms with E-state index in [0.717, 1.165) is 18.0 Å². The number of nitrogens with two attached hydrogens (primary N) is 1. The molecular weight excluding hydrogens is 196 g/mol. The molecule has 1 aliphatic carbocycles. The van der Waals surface area contributed by atoms with Crippen molar-refractivity contribution >= 4 is 0 Å². The molecule has 16 heavy (non-hydrogen) atoms. The Morgan fingerprint density at radius 3 is 2.19 bits per heavy atom. The van der Waals surface area contributed by atoms with E-state index in [0.29, 0.717) is 6.04 Å². The van der Waals surface area contributed by atoms with Crippen LogP contribution in [0.25, 0.3) is 0 Å². The molecule has 0 radical (unpaired) electrons. The van der Waals surface area contributed by atoms with Gasteiger partial charge in [-0.05, 0) is 58.4 Å². The molecule has 1 saturated carbocycles. The molecule has 0 aromatic rings. The van der Waals surface area contributed by atoms with Crippen molar-refractivity contribution in [2.24, 2.45) is 11.7 Å². The third kappa shape index (κ3) is 2.78. The van der Waals surface area contributed by atoms with Gasteiger partial charge in [-0.3, -0.25) is 4.90 Å². The van der Waals surface area contributed by atoms with Gasteiger partial charge >= 0.3 is 0 Å². The summed E-state index contributed by atoms with van der Waals surface area (Å²) in [6.07, 6.45) is 9.52. The highest BCUT2D eigenvalue weighted by Gasteiger charge is 2.28. The van der Waals surface area contributed by atoms with E-state index >= 15 is 0 Å². The van der Waals surface area contributed by atoms with Gasteiger partial charge in [0.15, 0.2) is 0 Å². The lowest BCUT2D eigenvalue weighted by molar-refractivity contribution is 0.0952. The van der Waals surface area contributed by atoms with Crippen molar-refractivity contribution in [2.45, 2.75) is 76.9 Å². The molecule has 2 rings (SSSR count). The van der Waals surface area contributed by atoms with Crippen molar-refractivity contribution in [3.8, 4) is 0 Å². The van der Waals surface area contributed by atoms with Gasteiger partial charge in [-0.2, -0.15) is 0 Å². The maximum Gasteiger partial charge on any atom is 0.00697 e. The SMILES string of the molecule is CC1CCCC(C)N1CCC1CCCC1N. The van der Waals surface area contributed by atoms with E-state index in [2.05, 4.69) is 18.7 Å². The van der Waals surface area contributed by atoms with Crippen molar-refractivity contribution in [1.29, 1.82) is 0 Å². The summed E-state index contributed by atoms with van der Waals surface area (Å²) < 4.78 is 0. The van der Waals surface area contributed by atoms with Gasteiger partial charge in [-0.25, -0.2) is 0 Å². The topological polar surface area (TPSA) is 29.3 Å². The van der Waals surface area contributed by atoms with E-state index in [9.17, 15) is 0 Å². The van der Waals surface area contributed by atoms with Crippen molar-refractivity contribution in [3.63, 3.8) is 0 Å². The van der Waals surface area contributed by atoms with Crippen LogP contribution in [0.2, 0.25) is 0 Å². The normalized spacial score (nSPS) is 41.4. The molecule has 94 valence electrons. The van der Waals surface area contributed by atoms with E-state index in [-0.39, 0.29) is 0 Å². The molecule has 0 amide bonds. The van der Waals surface area contributed by atoms with Crippen molar-refractivity contribution in [3.05, 3.63) is 0 Å². The summed E-state index contributed by atoms with van der Waals surface area (Å²) in [5, 5.41) is 0. The van der Waals surface area contributed by atoms with E-state index in [1.165, 1.54) is 51.5 Å². The number of rotatable bonds is 3. The zero-order chi connectivity index (χ0) is 11.5. The Bertz CT molecular complexity index is 207. The Morgan fingerprint density at radius 1 is 1.00 bits per heavy atom. The maximum absolute atomic E-state index is 6.15. The lowest BCUT2D eigenvalue weighted by Crippen LogP contribution is -2.45. The number of likely N-dealkylation sites (tertiary alicyclic amines) is 1. The Balaban J connectivity index is 1.79.